The molecule has 1 saturated heterocycles. The Hall–Kier alpha value is -0.393. The van der Waals surface area contributed by atoms with Crippen LogP contribution in [0.5, 0.6) is 0 Å². The second-order valence-electron chi connectivity index (χ2n) is 8.45. The van der Waals surface area contributed by atoms with E-state index < -0.39 is 14.1 Å². The van der Waals surface area contributed by atoms with Gasteiger partial charge in [-0.05, 0) is 50.9 Å². The van der Waals surface area contributed by atoms with Crippen molar-refractivity contribution in [3.05, 3.63) is 34.9 Å². The van der Waals surface area contributed by atoms with Crippen LogP contribution in [-0.4, -0.2) is 25.0 Å². The predicted octanol–water partition coefficient (Wildman–Crippen LogP) is 5.68. The maximum atomic E-state index is 10.5. The van der Waals surface area contributed by atoms with E-state index in [0.717, 1.165) is 29.8 Å². The first-order valence-electron chi connectivity index (χ1n) is 8.75. The van der Waals surface area contributed by atoms with Gasteiger partial charge in [0.2, 0.25) is 0 Å². The Kier molecular flexibility index (Phi) is 5.88. The van der Waals surface area contributed by atoms with Crippen LogP contribution in [0.25, 0.3) is 0 Å². The lowest BCUT2D eigenvalue weighted by Crippen LogP contribution is -2.39. The molecule has 0 spiro atoms. The van der Waals surface area contributed by atoms with Crippen molar-refractivity contribution in [2.24, 2.45) is 0 Å². The molecule has 1 N–H and O–H groups in total. The number of rotatable bonds is 6. The van der Waals surface area contributed by atoms with Crippen LogP contribution in [0.4, 0.5) is 0 Å². The molecule has 1 aliphatic rings. The van der Waals surface area contributed by atoms with E-state index in [2.05, 4.69) is 13.8 Å². The van der Waals surface area contributed by atoms with Crippen molar-refractivity contribution >= 4 is 19.9 Å². The first kappa shape index (κ1) is 19.9. The summed E-state index contributed by atoms with van der Waals surface area (Å²) in [7, 11) is -2.17. The molecule has 0 aliphatic carbocycles. The van der Waals surface area contributed by atoms with Crippen molar-refractivity contribution in [2.75, 3.05) is 0 Å². The fraction of sp³-hybridized carbons (Fsp3) is 0.684. The maximum Gasteiger partial charge on any atom is 0.188 e. The molecule has 1 fully saturated rings. The highest BCUT2D eigenvalue weighted by Gasteiger charge is 2.43. The Morgan fingerprint density at radius 3 is 2.42 bits per heavy atom. The molecule has 0 radical (unpaired) electrons. The Morgan fingerprint density at radius 1 is 1.21 bits per heavy atom. The number of halogens is 1. The predicted molar refractivity (Wildman–Crippen MR) is 102 cm³/mol. The van der Waals surface area contributed by atoms with Crippen molar-refractivity contribution in [3.8, 4) is 0 Å². The summed E-state index contributed by atoms with van der Waals surface area (Å²) < 4.78 is 12.3. The average Bonchev–Trinajstić information content (AvgIpc) is 2.73. The topological polar surface area (TPSA) is 38.7 Å². The van der Waals surface area contributed by atoms with Gasteiger partial charge in [0.25, 0.3) is 0 Å². The molecule has 0 bridgehead atoms. The number of benzene rings is 1. The lowest BCUT2D eigenvalue weighted by atomic mass is 9.97. The smallest absolute Gasteiger partial charge is 0.188 e. The first-order chi connectivity index (χ1) is 10.9. The first-order valence-corrected chi connectivity index (χ1v) is 12.1. The SMILES string of the molecule is CC1(C)O[C@@H](CCCC(C)(C)[Si](C)(C)O)[C@H](c2ccccc2Cl)O1. The highest BCUT2D eigenvalue weighted by Crippen LogP contribution is 2.44. The van der Waals surface area contributed by atoms with Crippen LogP contribution in [-0.2, 0) is 9.47 Å². The molecule has 1 heterocycles. The van der Waals surface area contributed by atoms with Crippen molar-refractivity contribution in [2.45, 2.75) is 83.1 Å². The average molecular weight is 371 g/mol. The molecule has 1 aliphatic heterocycles. The molecule has 2 rings (SSSR count). The molecular formula is C19H31ClO3Si. The third-order valence-corrected chi connectivity index (χ3v) is 9.25. The Balaban J connectivity index is 2.06. The van der Waals surface area contributed by atoms with Gasteiger partial charge in [-0.2, -0.15) is 0 Å². The minimum Gasteiger partial charge on any atom is -0.432 e. The third kappa shape index (κ3) is 4.61. The van der Waals surface area contributed by atoms with E-state index in [1.165, 1.54) is 0 Å². The van der Waals surface area contributed by atoms with Crippen LogP contribution in [0.1, 0.15) is 58.6 Å². The third-order valence-electron chi connectivity index (χ3n) is 5.34. The van der Waals surface area contributed by atoms with Gasteiger partial charge in [0.05, 0.1) is 6.10 Å². The van der Waals surface area contributed by atoms with Crippen molar-refractivity contribution < 1.29 is 14.3 Å². The molecular weight excluding hydrogens is 340 g/mol. The molecule has 1 aromatic rings. The summed E-state index contributed by atoms with van der Waals surface area (Å²) in [4.78, 5) is 10.5. The lowest BCUT2D eigenvalue weighted by Gasteiger charge is -2.35. The Bertz CT molecular complexity index is 566. The minimum absolute atomic E-state index is 0.0120. The summed E-state index contributed by atoms with van der Waals surface area (Å²) in [5.41, 5.74) is 0.992. The Labute approximate surface area is 152 Å². The van der Waals surface area contributed by atoms with E-state index in [1.807, 2.05) is 51.2 Å². The molecule has 0 amide bonds. The zero-order valence-electron chi connectivity index (χ0n) is 15.7. The van der Waals surface area contributed by atoms with Gasteiger partial charge in [-0.25, -0.2) is 0 Å². The van der Waals surface area contributed by atoms with Crippen LogP contribution in [0, 0.1) is 0 Å². The highest BCUT2D eigenvalue weighted by atomic mass is 35.5. The van der Waals surface area contributed by atoms with Crippen molar-refractivity contribution in [3.63, 3.8) is 0 Å². The number of hydrogen-bond donors (Lipinski definition) is 1. The zero-order chi connectivity index (χ0) is 18.2. The van der Waals surface area contributed by atoms with E-state index in [-0.39, 0.29) is 17.2 Å². The lowest BCUT2D eigenvalue weighted by molar-refractivity contribution is -0.147. The molecule has 0 aromatic heterocycles. The molecule has 3 nitrogen and oxygen atoms in total. The van der Waals surface area contributed by atoms with Gasteiger partial charge in [0.15, 0.2) is 14.1 Å². The van der Waals surface area contributed by atoms with Crippen molar-refractivity contribution in [1.29, 1.82) is 0 Å². The quantitative estimate of drug-likeness (QED) is 0.654. The molecule has 136 valence electrons. The van der Waals surface area contributed by atoms with Gasteiger partial charge >= 0.3 is 0 Å². The molecule has 0 unspecified atom stereocenters. The number of hydrogen-bond acceptors (Lipinski definition) is 3. The monoisotopic (exact) mass is 370 g/mol. The van der Waals surface area contributed by atoms with E-state index in [9.17, 15) is 4.80 Å². The van der Waals surface area contributed by atoms with Gasteiger partial charge < -0.3 is 14.3 Å². The Morgan fingerprint density at radius 2 is 1.83 bits per heavy atom. The van der Waals surface area contributed by atoms with Crippen molar-refractivity contribution in [1.82, 2.24) is 0 Å². The largest absolute Gasteiger partial charge is 0.432 e. The highest BCUT2D eigenvalue weighted by molar-refractivity contribution is 6.72. The molecule has 2 atom stereocenters. The van der Waals surface area contributed by atoms with E-state index in [0.29, 0.717) is 0 Å². The molecule has 0 saturated carbocycles. The van der Waals surface area contributed by atoms with Crippen LogP contribution < -0.4 is 0 Å². The number of ether oxygens (including phenoxy) is 2. The van der Waals surface area contributed by atoms with Crippen LogP contribution in [0.2, 0.25) is 23.2 Å². The second-order valence-corrected chi connectivity index (χ2v) is 13.3. The fourth-order valence-electron chi connectivity index (χ4n) is 3.07. The standard InChI is InChI=1S/C19H31ClO3Si/c1-18(2,24(5,6)21)13-9-12-16-17(23-19(3,4)22-16)14-10-7-8-11-15(14)20/h7-8,10-11,16-17,21H,9,12-13H2,1-6H3/t16-,17-/m0/s1. The van der Waals surface area contributed by atoms with Gasteiger partial charge in [-0.15, -0.1) is 0 Å². The summed E-state index contributed by atoms with van der Waals surface area (Å²) in [5.74, 6) is -0.602. The van der Waals surface area contributed by atoms with E-state index in [4.69, 9.17) is 21.1 Å². The molecule has 24 heavy (non-hydrogen) atoms. The van der Waals surface area contributed by atoms with Crippen LogP contribution >= 0.6 is 11.6 Å². The normalized spacial score (nSPS) is 24.3. The second kappa shape index (κ2) is 7.08. The summed E-state index contributed by atoms with van der Waals surface area (Å²) in [6, 6.07) is 7.82. The summed E-state index contributed by atoms with van der Waals surface area (Å²) in [6.07, 6.45) is 2.72. The van der Waals surface area contributed by atoms with E-state index in [1.54, 1.807) is 0 Å². The molecule has 5 heteroatoms. The van der Waals surface area contributed by atoms with Gasteiger partial charge in [-0.1, -0.05) is 50.1 Å². The fourth-order valence-corrected chi connectivity index (χ4v) is 4.10. The summed E-state index contributed by atoms with van der Waals surface area (Å²) in [5, 5.41) is 0.708. The maximum absolute atomic E-state index is 10.5. The minimum atomic E-state index is -2.17. The summed E-state index contributed by atoms with van der Waals surface area (Å²) >= 11 is 6.37. The molecule has 1 aromatic carbocycles. The van der Waals surface area contributed by atoms with Gasteiger partial charge in [-0.3, -0.25) is 0 Å². The van der Waals surface area contributed by atoms with Gasteiger partial charge in [0.1, 0.15) is 6.10 Å². The van der Waals surface area contributed by atoms with Crippen LogP contribution in [0.15, 0.2) is 24.3 Å². The van der Waals surface area contributed by atoms with Crippen LogP contribution in [0.3, 0.4) is 0 Å². The van der Waals surface area contributed by atoms with Gasteiger partial charge in [0, 0.05) is 10.6 Å². The van der Waals surface area contributed by atoms with E-state index >= 15 is 0 Å². The summed E-state index contributed by atoms with van der Waals surface area (Å²) in [6.45, 7) is 12.3. The zero-order valence-corrected chi connectivity index (χ0v) is 17.5.